The molecule has 1 saturated heterocycles. The standard InChI is InChI=1S/C21H20BrFN2O2S/c1-3-24-21-25(4-2)20(26)19(28-21)12-14-8-9-18(17(22)11-14)27-13-15-6-5-7-16(23)10-15/h5-12H,3-4,13H2,1-2H3/b19-12+,24-21?. The van der Waals surface area contributed by atoms with E-state index in [-0.39, 0.29) is 18.3 Å². The summed E-state index contributed by atoms with van der Waals surface area (Å²) >= 11 is 4.90. The molecular weight excluding hydrogens is 443 g/mol. The average molecular weight is 463 g/mol. The second-order valence-electron chi connectivity index (χ2n) is 6.03. The minimum Gasteiger partial charge on any atom is -0.488 e. The molecule has 3 rings (SSSR count). The fourth-order valence-corrected chi connectivity index (χ4v) is 4.32. The van der Waals surface area contributed by atoms with Crippen molar-refractivity contribution in [1.29, 1.82) is 0 Å². The van der Waals surface area contributed by atoms with Crippen molar-refractivity contribution < 1.29 is 13.9 Å². The van der Waals surface area contributed by atoms with Crippen LogP contribution in [-0.2, 0) is 11.4 Å². The second kappa shape index (κ2) is 9.39. The number of aliphatic imine (C=N–C) groups is 1. The average Bonchev–Trinajstić information content (AvgIpc) is 2.96. The van der Waals surface area contributed by atoms with Gasteiger partial charge in [-0.1, -0.05) is 18.2 Å². The number of benzene rings is 2. The number of likely N-dealkylation sites (N-methyl/N-ethyl adjacent to an activating group) is 1. The van der Waals surface area contributed by atoms with E-state index < -0.39 is 0 Å². The zero-order valence-electron chi connectivity index (χ0n) is 15.6. The van der Waals surface area contributed by atoms with E-state index in [4.69, 9.17) is 4.74 Å². The van der Waals surface area contributed by atoms with Crippen molar-refractivity contribution >= 4 is 44.8 Å². The van der Waals surface area contributed by atoms with Crippen LogP contribution in [0.3, 0.4) is 0 Å². The Morgan fingerprint density at radius 2 is 2.07 bits per heavy atom. The first-order valence-corrected chi connectivity index (χ1v) is 10.6. The number of ether oxygens (including phenoxy) is 1. The molecule has 0 bridgehead atoms. The van der Waals surface area contributed by atoms with Crippen molar-refractivity contribution in [3.8, 4) is 5.75 Å². The molecule has 2 aromatic rings. The lowest BCUT2D eigenvalue weighted by atomic mass is 10.2. The molecule has 7 heteroatoms. The van der Waals surface area contributed by atoms with Gasteiger partial charge in [0.05, 0.1) is 9.38 Å². The highest BCUT2D eigenvalue weighted by atomic mass is 79.9. The molecule has 1 aliphatic heterocycles. The Bertz CT molecular complexity index is 946. The second-order valence-corrected chi connectivity index (χ2v) is 7.89. The Morgan fingerprint density at radius 3 is 2.75 bits per heavy atom. The highest BCUT2D eigenvalue weighted by Crippen LogP contribution is 2.34. The first-order valence-electron chi connectivity index (χ1n) is 8.94. The van der Waals surface area contributed by atoms with Gasteiger partial charge in [-0.05, 0) is 83.0 Å². The minimum atomic E-state index is -0.284. The summed E-state index contributed by atoms with van der Waals surface area (Å²) in [4.78, 5) is 19.3. The molecule has 0 saturated carbocycles. The van der Waals surface area contributed by atoms with Gasteiger partial charge < -0.3 is 4.74 Å². The molecule has 28 heavy (non-hydrogen) atoms. The van der Waals surface area contributed by atoms with Gasteiger partial charge in [-0.3, -0.25) is 14.7 Å². The summed E-state index contributed by atoms with van der Waals surface area (Å²) in [6.45, 7) is 5.40. The number of thioether (sulfide) groups is 1. The van der Waals surface area contributed by atoms with Gasteiger partial charge in [0.15, 0.2) is 5.17 Å². The third kappa shape index (κ3) is 4.83. The van der Waals surface area contributed by atoms with Crippen LogP contribution >= 0.6 is 27.7 Å². The molecule has 146 valence electrons. The Morgan fingerprint density at radius 1 is 1.25 bits per heavy atom. The molecule has 0 unspecified atom stereocenters. The number of amidine groups is 1. The molecule has 0 aromatic heterocycles. The van der Waals surface area contributed by atoms with Crippen LogP contribution in [0.5, 0.6) is 5.75 Å². The Hall–Kier alpha value is -2.12. The van der Waals surface area contributed by atoms with Crippen molar-refractivity contribution in [2.24, 2.45) is 4.99 Å². The summed E-state index contributed by atoms with van der Waals surface area (Å²) in [6.07, 6.45) is 1.86. The molecule has 0 spiro atoms. The van der Waals surface area contributed by atoms with Crippen molar-refractivity contribution in [1.82, 2.24) is 4.90 Å². The maximum atomic E-state index is 13.3. The van der Waals surface area contributed by atoms with E-state index in [2.05, 4.69) is 20.9 Å². The van der Waals surface area contributed by atoms with Crippen LogP contribution in [0.15, 0.2) is 56.8 Å². The van der Waals surface area contributed by atoms with Crippen molar-refractivity contribution in [2.45, 2.75) is 20.5 Å². The minimum absolute atomic E-state index is 0.0257. The summed E-state index contributed by atoms with van der Waals surface area (Å²) in [5.74, 6) is 0.343. The van der Waals surface area contributed by atoms with Crippen LogP contribution in [0.2, 0.25) is 0 Å². The van der Waals surface area contributed by atoms with Crippen LogP contribution < -0.4 is 4.74 Å². The Labute approximate surface area is 176 Å². The van der Waals surface area contributed by atoms with E-state index in [9.17, 15) is 9.18 Å². The number of hydrogen-bond acceptors (Lipinski definition) is 4. The fourth-order valence-electron chi connectivity index (χ4n) is 2.70. The lowest BCUT2D eigenvalue weighted by Crippen LogP contribution is -2.28. The summed E-state index contributed by atoms with van der Waals surface area (Å²) in [5.41, 5.74) is 1.64. The van der Waals surface area contributed by atoms with E-state index in [0.717, 1.165) is 20.8 Å². The Balaban J connectivity index is 1.74. The summed E-state index contributed by atoms with van der Waals surface area (Å²) < 4.78 is 19.8. The SMILES string of the molecule is CCN=C1S/C(=C/c2ccc(OCc3cccc(F)c3)c(Br)c2)C(=O)N1CC. The smallest absolute Gasteiger partial charge is 0.266 e. The molecular formula is C21H20BrFN2O2S. The maximum Gasteiger partial charge on any atom is 0.266 e. The highest BCUT2D eigenvalue weighted by molar-refractivity contribution is 9.10. The van der Waals surface area contributed by atoms with Crippen LogP contribution in [-0.4, -0.2) is 29.1 Å². The van der Waals surface area contributed by atoms with Crippen LogP contribution in [0.1, 0.15) is 25.0 Å². The molecule has 1 aliphatic rings. The van der Waals surface area contributed by atoms with Crippen LogP contribution in [0.25, 0.3) is 6.08 Å². The van der Waals surface area contributed by atoms with E-state index in [1.165, 1.54) is 23.9 Å². The quantitative estimate of drug-likeness (QED) is 0.533. The topological polar surface area (TPSA) is 41.9 Å². The third-order valence-corrected chi connectivity index (χ3v) is 5.70. The zero-order valence-corrected chi connectivity index (χ0v) is 18.0. The number of halogens is 2. The van der Waals surface area contributed by atoms with Gasteiger partial charge in [0, 0.05) is 13.1 Å². The summed E-state index contributed by atoms with van der Waals surface area (Å²) in [7, 11) is 0. The molecule has 1 heterocycles. The van der Waals surface area contributed by atoms with Crippen molar-refractivity contribution in [3.05, 3.63) is 68.8 Å². The first-order chi connectivity index (χ1) is 13.5. The van der Waals surface area contributed by atoms with E-state index in [1.807, 2.05) is 44.2 Å². The number of hydrogen-bond donors (Lipinski definition) is 0. The molecule has 1 amide bonds. The predicted octanol–water partition coefficient (Wildman–Crippen LogP) is 5.48. The lowest BCUT2D eigenvalue weighted by Gasteiger charge is -2.11. The summed E-state index contributed by atoms with van der Waals surface area (Å²) in [5, 5.41) is 0.746. The van der Waals surface area contributed by atoms with E-state index in [1.54, 1.807) is 11.0 Å². The van der Waals surface area contributed by atoms with Gasteiger partial charge >= 0.3 is 0 Å². The maximum absolute atomic E-state index is 13.3. The van der Waals surface area contributed by atoms with E-state index in [0.29, 0.717) is 23.7 Å². The number of carbonyl (C=O) groups is 1. The molecule has 2 aromatic carbocycles. The third-order valence-electron chi connectivity index (χ3n) is 4.03. The Kier molecular flexibility index (Phi) is 6.91. The van der Waals surface area contributed by atoms with Gasteiger partial charge in [0.2, 0.25) is 0 Å². The number of amides is 1. The van der Waals surface area contributed by atoms with Crippen LogP contribution in [0.4, 0.5) is 4.39 Å². The molecule has 0 radical (unpaired) electrons. The molecule has 0 aliphatic carbocycles. The van der Waals surface area contributed by atoms with Crippen molar-refractivity contribution in [2.75, 3.05) is 13.1 Å². The summed E-state index contributed by atoms with van der Waals surface area (Å²) in [6, 6.07) is 11.9. The van der Waals surface area contributed by atoms with Gasteiger partial charge in [-0.15, -0.1) is 0 Å². The fraction of sp³-hybridized carbons (Fsp3) is 0.238. The van der Waals surface area contributed by atoms with Gasteiger partial charge in [0.25, 0.3) is 5.91 Å². The number of nitrogens with zero attached hydrogens (tertiary/aromatic N) is 2. The molecule has 1 fully saturated rings. The van der Waals surface area contributed by atoms with Gasteiger partial charge in [-0.2, -0.15) is 0 Å². The predicted molar refractivity (Wildman–Crippen MR) is 116 cm³/mol. The van der Waals surface area contributed by atoms with Crippen molar-refractivity contribution in [3.63, 3.8) is 0 Å². The number of rotatable bonds is 6. The monoisotopic (exact) mass is 462 g/mol. The first kappa shape index (κ1) is 20.6. The van der Waals surface area contributed by atoms with Crippen LogP contribution in [0, 0.1) is 5.82 Å². The lowest BCUT2D eigenvalue weighted by molar-refractivity contribution is -0.122. The number of carbonyl (C=O) groups excluding carboxylic acids is 1. The highest BCUT2D eigenvalue weighted by Gasteiger charge is 2.31. The largest absolute Gasteiger partial charge is 0.488 e. The molecule has 0 N–H and O–H groups in total. The molecule has 0 atom stereocenters. The van der Waals surface area contributed by atoms with Gasteiger partial charge in [0.1, 0.15) is 18.2 Å². The van der Waals surface area contributed by atoms with E-state index >= 15 is 0 Å². The zero-order chi connectivity index (χ0) is 20.1. The molecule has 4 nitrogen and oxygen atoms in total. The normalized spacial score (nSPS) is 17.0. The van der Waals surface area contributed by atoms with Gasteiger partial charge in [-0.25, -0.2) is 4.39 Å².